The first-order valence-corrected chi connectivity index (χ1v) is 14.3. The molecule has 0 atom stereocenters. The van der Waals surface area contributed by atoms with Crippen molar-refractivity contribution in [2.45, 2.75) is 53.4 Å². The van der Waals surface area contributed by atoms with Crippen LogP contribution in [0.5, 0.6) is 0 Å². The van der Waals surface area contributed by atoms with Crippen LogP contribution in [0.25, 0.3) is 0 Å². The molecule has 0 bridgehead atoms. The molecule has 0 saturated carbocycles. The Morgan fingerprint density at radius 3 is 0.517 bits per heavy atom. The van der Waals surface area contributed by atoms with Crippen LogP contribution in [0.3, 0.4) is 0 Å². The summed E-state index contributed by atoms with van der Waals surface area (Å²) in [7, 11) is -15.7. The Bertz CT molecular complexity index is 635. The smallest absolute Gasteiger partial charge is 0.748 e. The molecule has 29 heavy (non-hydrogen) atoms. The maximum atomic E-state index is 9.68. The van der Waals surface area contributed by atoms with Gasteiger partial charge in [-0.2, -0.15) is 0 Å². The van der Waals surface area contributed by atoms with Crippen molar-refractivity contribution in [3.05, 3.63) is 0 Å². The van der Waals surface area contributed by atoms with Gasteiger partial charge in [-0.1, -0.05) is 27.7 Å². The van der Waals surface area contributed by atoms with Crippen molar-refractivity contribution < 1.29 is 51.9 Å². The van der Waals surface area contributed by atoms with Crippen LogP contribution < -0.4 is 0 Å². The van der Waals surface area contributed by atoms with Crippen molar-refractivity contribution in [2.75, 3.05) is 23.0 Å². The number of hydrogen-bond acceptors (Lipinski definition) is 12. The summed E-state index contributed by atoms with van der Waals surface area (Å²) in [5.74, 6) is -0.972. The van der Waals surface area contributed by atoms with E-state index in [2.05, 4.69) is 0 Å². The van der Waals surface area contributed by atoms with Gasteiger partial charge in [0.05, 0.1) is 40.5 Å². The Balaban J connectivity index is -0.0000000873. The number of rotatable bonds is 8. The van der Waals surface area contributed by atoms with Gasteiger partial charge >= 0.3 is 27.3 Å². The Kier molecular flexibility index (Phi) is 28.2. The summed E-state index contributed by atoms with van der Waals surface area (Å²) in [5, 5.41) is 0. The van der Waals surface area contributed by atoms with E-state index in [0.717, 1.165) is 0 Å². The second kappa shape index (κ2) is 20.5. The minimum Gasteiger partial charge on any atom is -0.748 e. The van der Waals surface area contributed by atoms with Crippen LogP contribution in [-0.2, 0) is 40.5 Å². The van der Waals surface area contributed by atoms with E-state index in [4.69, 9.17) is 0 Å². The summed E-state index contributed by atoms with van der Waals surface area (Å²) in [5.41, 5.74) is 0. The van der Waals surface area contributed by atoms with Crippen molar-refractivity contribution >= 4 is 67.8 Å². The van der Waals surface area contributed by atoms with Gasteiger partial charge in [-0.15, -0.1) is 0 Å². The van der Waals surface area contributed by atoms with E-state index in [1.54, 1.807) is 27.7 Å². The molecule has 0 amide bonds. The van der Waals surface area contributed by atoms with Crippen molar-refractivity contribution in [2.24, 2.45) is 0 Å². The minimum absolute atomic E-state index is 0. The molecule has 0 rings (SSSR count). The Labute approximate surface area is 195 Å². The van der Waals surface area contributed by atoms with E-state index in [9.17, 15) is 51.9 Å². The van der Waals surface area contributed by atoms with E-state index in [0.29, 0.717) is 25.7 Å². The van der Waals surface area contributed by atoms with E-state index < -0.39 is 40.5 Å². The van der Waals surface area contributed by atoms with Crippen LogP contribution in [0.2, 0.25) is 0 Å². The molecule has 176 valence electrons. The molecule has 0 radical (unpaired) electrons. The van der Waals surface area contributed by atoms with Gasteiger partial charge in [0.15, 0.2) is 0 Å². The van der Waals surface area contributed by atoms with Crippen molar-refractivity contribution in [1.82, 2.24) is 0 Å². The Morgan fingerprint density at radius 2 is 0.517 bits per heavy atom. The average molecular weight is 700 g/mol. The zero-order valence-corrected chi connectivity index (χ0v) is 23.8. The molecule has 0 saturated heterocycles. The third-order valence-electron chi connectivity index (χ3n) is 1.82. The second-order valence-corrected chi connectivity index (χ2v) is 11.1. The fraction of sp³-hybridized carbons (Fsp3) is 1.00. The molecule has 12 nitrogen and oxygen atoms in total. The SMILES string of the molecule is CCCS(=O)(=O)[O-].CCCS(=O)(=O)[O-].CCCS(=O)(=O)[O-].CCCS(=O)(=O)[O-].[Pb+4]. The monoisotopic (exact) mass is 700 g/mol. The molecule has 0 aliphatic carbocycles. The van der Waals surface area contributed by atoms with Gasteiger partial charge in [0, 0.05) is 23.0 Å². The summed E-state index contributed by atoms with van der Waals surface area (Å²) >= 11 is 0. The molecule has 0 N–H and O–H groups in total. The topological polar surface area (TPSA) is 229 Å². The van der Waals surface area contributed by atoms with Crippen LogP contribution in [0.15, 0.2) is 0 Å². The first-order valence-electron chi connectivity index (χ1n) is 7.98. The van der Waals surface area contributed by atoms with Gasteiger partial charge in [0.25, 0.3) is 0 Å². The summed E-state index contributed by atoms with van der Waals surface area (Å²) in [6.07, 6.45) is 1.63. The maximum absolute atomic E-state index is 9.68. The van der Waals surface area contributed by atoms with Crippen LogP contribution >= 0.6 is 0 Å². The summed E-state index contributed by atoms with van der Waals surface area (Å²) in [6.45, 7) is 6.59. The molecule has 0 aliphatic heterocycles. The molecule has 0 aromatic heterocycles. The normalized spacial score (nSPS) is 11.3. The quantitative estimate of drug-likeness (QED) is 0.228. The fourth-order valence-corrected chi connectivity index (χ4v) is 3.00. The van der Waals surface area contributed by atoms with Crippen LogP contribution in [-0.4, -0.2) is 102 Å². The van der Waals surface area contributed by atoms with Gasteiger partial charge in [0.2, 0.25) is 0 Å². The molecular formula is C12H28O12PbS4. The van der Waals surface area contributed by atoms with Crippen molar-refractivity contribution in [3.8, 4) is 0 Å². The summed E-state index contributed by atoms with van der Waals surface area (Å²) in [6, 6.07) is 0. The molecule has 0 aromatic carbocycles. The molecular weight excluding hydrogens is 672 g/mol. The number of hydrogen-bond donors (Lipinski definition) is 0. The summed E-state index contributed by atoms with van der Waals surface area (Å²) in [4.78, 5) is 0. The standard InChI is InChI=1S/4C3H8O3S.Pb/c4*1-2-3-7(4,5)6;/h4*2-3H2,1H3,(H,4,5,6);/q;;;;+4/p-4. The summed E-state index contributed by atoms with van der Waals surface area (Å²) < 4.78 is 116. The molecule has 17 heteroatoms. The molecule has 0 unspecified atom stereocenters. The molecule has 0 aliphatic rings. The Hall–Kier alpha value is 0.562. The zero-order valence-electron chi connectivity index (χ0n) is 16.7. The zero-order chi connectivity index (χ0) is 23.7. The first kappa shape index (κ1) is 40.0. The minimum atomic E-state index is -3.92. The van der Waals surface area contributed by atoms with Crippen molar-refractivity contribution in [3.63, 3.8) is 0 Å². The third kappa shape index (κ3) is 73.5. The van der Waals surface area contributed by atoms with Gasteiger partial charge in [-0.25, -0.2) is 33.7 Å². The predicted molar refractivity (Wildman–Crippen MR) is 105 cm³/mol. The van der Waals surface area contributed by atoms with Crippen molar-refractivity contribution in [1.29, 1.82) is 0 Å². The van der Waals surface area contributed by atoms with E-state index in [-0.39, 0.29) is 50.3 Å². The van der Waals surface area contributed by atoms with E-state index in [1.807, 2.05) is 0 Å². The fourth-order valence-electron chi connectivity index (χ4n) is 1.00. The third-order valence-corrected chi connectivity index (χ3v) is 5.45. The van der Waals surface area contributed by atoms with Crippen LogP contribution in [0, 0.1) is 0 Å². The Morgan fingerprint density at radius 1 is 0.414 bits per heavy atom. The second-order valence-electron chi connectivity index (χ2n) is 5.05. The van der Waals surface area contributed by atoms with E-state index >= 15 is 0 Å². The predicted octanol–water partition coefficient (Wildman–Crippen LogP) is -0.614. The first-order chi connectivity index (χ1) is 12.2. The maximum Gasteiger partial charge on any atom is 4.00 e. The molecule has 0 fully saturated rings. The van der Waals surface area contributed by atoms with Crippen LogP contribution in [0.1, 0.15) is 53.4 Å². The van der Waals surface area contributed by atoms with Crippen LogP contribution in [0.4, 0.5) is 0 Å². The van der Waals surface area contributed by atoms with Gasteiger partial charge in [0.1, 0.15) is 0 Å². The van der Waals surface area contributed by atoms with Gasteiger partial charge in [-0.05, 0) is 25.7 Å². The largest absolute Gasteiger partial charge is 4.00 e. The van der Waals surface area contributed by atoms with E-state index in [1.165, 1.54) is 0 Å². The van der Waals surface area contributed by atoms with Gasteiger partial charge in [-0.3, -0.25) is 0 Å². The molecule has 0 aromatic rings. The molecule has 0 spiro atoms. The molecule has 0 heterocycles. The average Bonchev–Trinajstić information content (AvgIpc) is 2.34. The van der Waals surface area contributed by atoms with Gasteiger partial charge < -0.3 is 18.2 Å².